The molecule has 0 spiro atoms. The van der Waals surface area contributed by atoms with Crippen molar-refractivity contribution in [1.82, 2.24) is 9.80 Å². The van der Waals surface area contributed by atoms with Crippen LogP contribution in [0.1, 0.15) is 24.0 Å². The number of anilines is 1. The highest BCUT2D eigenvalue weighted by molar-refractivity contribution is 6.30. The summed E-state index contributed by atoms with van der Waals surface area (Å²) in [7, 11) is 1.60. The Morgan fingerprint density at radius 1 is 1.06 bits per heavy atom. The summed E-state index contributed by atoms with van der Waals surface area (Å²) in [6.07, 6.45) is -2.96. The average Bonchev–Trinajstić information content (AvgIpc) is 3.04. The second-order valence-electron chi connectivity index (χ2n) is 8.09. The molecule has 0 aliphatic carbocycles. The number of rotatable bonds is 7. The van der Waals surface area contributed by atoms with E-state index in [1.54, 1.807) is 12.0 Å². The first-order valence-corrected chi connectivity index (χ1v) is 11.3. The minimum Gasteiger partial charge on any atom is -0.497 e. The number of halogens is 4. The van der Waals surface area contributed by atoms with Crippen LogP contribution in [0.4, 0.5) is 18.9 Å². The first kappa shape index (κ1) is 25.8. The second-order valence-corrected chi connectivity index (χ2v) is 8.53. The summed E-state index contributed by atoms with van der Waals surface area (Å²) in [4.78, 5) is 28.7. The zero-order valence-electron chi connectivity index (χ0n) is 18.8. The van der Waals surface area contributed by atoms with E-state index in [-0.39, 0.29) is 23.2 Å². The van der Waals surface area contributed by atoms with Crippen LogP contribution in [0, 0.1) is 0 Å². The maximum absolute atomic E-state index is 13.3. The quantitative estimate of drug-likeness (QED) is 0.613. The van der Waals surface area contributed by atoms with Crippen molar-refractivity contribution in [3.8, 4) is 5.75 Å². The Hall–Kier alpha value is -2.78. The molecule has 2 amide bonds. The van der Waals surface area contributed by atoms with Crippen LogP contribution in [0.15, 0.2) is 42.5 Å². The lowest BCUT2D eigenvalue weighted by molar-refractivity contribution is -0.137. The van der Waals surface area contributed by atoms with Crippen LogP contribution in [0.2, 0.25) is 5.02 Å². The van der Waals surface area contributed by atoms with Gasteiger partial charge in [-0.05, 0) is 48.7 Å². The predicted molar refractivity (Wildman–Crippen MR) is 124 cm³/mol. The fourth-order valence-electron chi connectivity index (χ4n) is 3.83. The van der Waals surface area contributed by atoms with Gasteiger partial charge in [-0.25, -0.2) is 0 Å². The third kappa shape index (κ3) is 7.36. The smallest absolute Gasteiger partial charge is 0.418 e. The van der Waals surface area contributed by atoms with Crippen LogP contribution in [0.3, 0.4) is 0 Å². The second kappa shape index (κ2) is 11.6. The van der Waals surface area contributed by atoms with Crippen LogP contribution in [-0.2, 0) is 22.2 Å². The average molecular weight is 498 g/mol. The van der Waals surface area contributed by atoms with Crippen molar-refractivity contribution >= 4 is 29.1 Å². The van der Waals surface area contributed by atoms with Crippen molar-refractivity contribution in [1.29, 1.82) is 0 Å². The molecule has 10 heteroatoms. The molecule has 1 N–H and O–H groups in total. The molecule has 34 heavy (non-hydrogen) atoms. The first-order chi connectivity index (χ1) is 16.2. The molecule has 3 rings (SSSR count). The summed E-state index contributed by atoms with van der Waals surface area (Å²) >= 11 is 5.68. The molecule has 2 aromatic carbocycles. The fraction of sp³-hybridized carbons (Fsp3) is 0.417. The number of carbonyl (C=O) groups excluding carboxylic acids is 2. The summed E-state index contributed by atoms with van der Waals surface area (Å²) < 4.78 is 44.9. The first-order valence-electron chi connectivity index (χ1n) is 11.0. The molecular formula is C24H27ClF3N3O3. The van der Waals surface area contributed by atoms with Crippen LogP contribution in [0.5, 0.6) is 5.75 Å². The van der Waals surface area contributed by atoms with Crippen molar-refractivity contribution in [3.63, 3.8) is 0 Å². The summed E-state index contributed by atoms with van der Waals surface area (Å²) in [6.45, 7) is 2.02. The molecule has 1 aliphatic rings. The van der Waals surface area contributed by atoms with E-state index in [0.717, 1.165) is 23.4 Å². The molecule has 0 aromatic heterocycles. The van der Waals surface area contributed by atoms with E-state index in [9.17, 15) is 22.8 Å². The van der Waals surface area contributed by atoms with E-state index < -0.39 is 17.6 Å². The standard InChI is InChI=1S/C24H27ClF3N3O3/c1-34-19-7-3-17(4-8-19)5-10-23(33)31-12-2-11-30(13-14-31)16-22(32)29-21-9-6-18(25)15-20(21)24(26,27)28/h3-4,6-9,15H,2,5,10-14,16H2,1H3,(H,29,32). The van der Waals surface area contributed by atoms with Gasteiger partial charge >= 0.3 is 6.18 Å². The van der Waals surface area contributed by atoms with E-state index in [1.807, 2.05) is 29.2 Å². The van der Waals surface area contributed by atoms with Crippen molar-refractivity contribution < 1.29 is 27.5 Å². The number of methoxy groups -OCH3 is 1. The Bertz CT molecular complexity index is 999. The number of hydrogen-bond donors (Lipinski definition) is 1. The Balaban J connectivity index is 1.49. The molecule has 2 aromatic rings. The third-order valence-electron chi connectivity index (χ3n) is 5.66. The Labute approximate surface area is 201 Å². The molecule has 0 atom stereocenters. The molecule has 1 heterocycles. The van der Waals surface area contributed by atoms with E-state index in [4.69, 9.17) is 16.3 Å². The van der Waals surface area contributed by atoms with Gasteiger partial charge in [-0.2, -0.15) is 13.2 Å². The summed E-state index contributed by atoms with van der Waals surface area (Å²) in [5.74, 6) is 0.252. The number of aryl methyl sites for hydroxylation is 1. The van der Waals surface area contributed by atoms with E-state index >= 15 is 0 Å². The number of nitrogens with one attached hydrogen (secondary N) is 1. The maximum atomic E-state index is 13.3. The minimum atomic E-state index is -4.64. The lowest BCUT2D eigenvalue weighted by Gasteiger charge is -2.22. The number of hydrogen-bond acceptors (Lipinski definition) is 4. The van der Waals surface area contributed by atoms with Crippen molar-refractivity contribution in [2.45, 2.75) is 25.4 Å². The van der Waals surface area contributed by atoms with Gasteiger partial charge < -0.3 is 15.0 Å². The van der Waals surface area contributed by atoms with Gasteiger partial charge in [0, 0.05) is 37.6 Å². The number of nitrogens with zero attached hydrogens (tertiary/aromatic N) is 2. The monoisotopic (exact) mass is 497 g/mol. The van der Waals surface area contributed by atoms with Crippen LogP contribution < -0.4 is 10.1 Å². The van der Waals surface area contributed by atoms with Gasteiger partial charge in [0.2, 0.25) is 11.8 Å². The van der Waals surface area contributed by atoms with E-state index in [0.29, 0.717) is 45.4 Å². The third-order valence-corrected chi connectivity index (χ3v) is 5.89. The molecule has 1 aliphatic heterocycles. The van der Waals surface area contributed by atoms with Gasteiger partial charge in [-0.15, -0.1) is 0 Å². The topological polar surface area (TPSA) is 61.9 Å². The number of carbonyl (C=O) groups is 2. The van der Waals surface area contributed by atoms with Crippen molar-refractivity contribution in [2.24, 2.45) is 0 Å². The van der Waals surface area contributed by atoms with Gasteiger partial charge in [0.15, 0.2) is 0 Å². The van der Waals surface area contributed by atoms with Gasteiger partial charge in [0.1, 0.15) is 5.75 Å². The zero-order chi connectivity index (χ0) is 24.7. The highest BCUT2D eigenvalue weighted by Crippen LogP contribution is 2.36. The predicted octanol–water partition coefficient (Wildman–Crippen LogP) is 4.47. The lowest BCUT2D eigenvalue weighted by atomic mass is 10.1. The highest BCUT2D eigenvalue weighted by atomic mass is 35.5. The Morgan fingerprint density at radius 2 is 1.79 bits per heavy atom. The summed E-state index contributed by atoms with van der Waals surface area (Å²) in [5, 5.41) is 2.28. The zero-order valence-corrected chi connectivity index (χ0v) is 19.6. The summed E-state index contributed by atoms with van der Waals surface area (Å²) in [5.41, 5.74) is -0.271. The molecule has 0 bridgehead atoms. The van der Waals surface area contributed by atoms with Crippen LogP contribution in [0.25, 0.3) is 0 Å². The normalized spacial score (nSPS) is 15.0. The fourth-order valence-corrected chi connectivity index (χ4v) is 4.00. The molecule has 0 saturated carbocycles. The van der Waals surface area contributed by atoms with E-state index in [2.05, 4.69) is 5.32 Å². The van der Waals surface area contributed by atoms with Gasteiger partial charge in [-0.1, -0.05) is 23.7 Å². The summed E-state index contributed by atoms with van der Waals surface area (Å²) in [6, 6.07) is 10.8. The molecule has 1 saturated heterocycles. The van der Waals surface area contributed by atoms with Gasteiger partial charge in [-0.3, -0.25) is 14.5 Å². The lowest BCUT2D eigenvalue weighted by Crippen LogP contribution is -2.38. The molecule has 184 valence electrons. The largest absolute Gasteiger partial charge is 0.497 e. The molecular weight excluding hydrogens is 471 g/mol. The van der Waals surface area contributed by atoms with Crippen LogP contribution >= 0.6 is 11.6 Å². The minimum absolute atomic E-state index is 0.0399. The number of alkyl halides is 3. The molecule has 1 fully saturated rings. The number of benzene rings is 2. The van der Waals surface area contributed by atoms with Crippen LogP contribution in [-0.4, -0.2) is 61.4 Å². The SMILES string of the molecule is COc1ccc(CCC(=O)N2CCCN(CC(=O)Nc3ccc(Cl)cc3C(F)(F)F)CC2)cc1. The number of ether oxygens (including phenoxy) is 1. The van der Waals surface area contributed by atoms with E-state index in [1.165, 1.54) is 6.07 Å². The van der Waals surface area contributed by atoms with Crippen molar-refractivity contribution in [2.75, 3.05) is 45.2 Å². The molecule has 0 radical (unpaired) electrons. The van der Waals surface area contributed by atoms with Gasteiger partial charge in [0.05, 0.1) is 24.9 Å². The maximum Gasteiger partial charge on any atom is 0.418 e. The Kier molecular flexibility index (Phi) is 8.79. The Morgan fingerprint density at radius 3 is 2.47 bits per heavy atom. The number of amides is 2. The van der Waals surface area contributed by atoms with Crippen molar-refractivity contribution in [3.05, 3.63) is 58.6 Å². The molecule has 0 unspecified atom stereocenters. The van der Waals surface area contributed by atoms with Gasteiger partial charge in [0.25, 0.3) is 0 Å². The highest BCUT2D eigenvalue weighted by Gasteiger charge is 2.34. The molecule has 6 nitrogen and oxygen atoms in total.